The number of ether oxygens (including phenoxy) is 4. The van der Waals surface area contributed by atoms with E-state index in [2.05, 4.69) is 31.4 Å². The van der Waals surface area contributed by atoms with Gasteiger partial charge in [-0.15, -0.1) is 10.2 Å². The van der Waals surface area contributed by atoms with Gasteiger partial charge in [0.1, 0.15) is 11.6 Å². The molecule has 0 atom stereocenters. The van der Waals surface area contributed by atoms with E-state index in [4.69, 9.17) is 18.9 Å². The first-order valence-corrected chi connectivity index (χ1v) is 8.27. The lowest BCUT2D eigenvalue weighted by Gasteiger charge is -2.16. The molecule has 0 radical (unpaired) electrons. The molecule has 0 spiro atoms. The Labute approximate surface area is 151 Å². The summed E-state index contributed by atoms with van der Waals surface area (Å²) >= 11 is 4.60. The second kappa shape index (κ2) is 8.27. The van der Waals surface area contributed by atoms with Crippen LogP contribution in [0.2, 0.25) is 0 Å². The van der Waals surface area contributed by atoms with Gasteiger partial charge in [0.15, 0.2) is 11.5 Å². The van der Waals surface area contributed by atoms with Crippen LogP contribution in [0.4, 0.5) is 5.13 Å². The van der Waals surface area contributed by atoms with Crippen LogP contribution in [0.3, 0.4) is 0 Å². The van der Waals surface area contributed by atoms with Crippen molar-refractivity contribution in [3.05, 3.63) is 21.1 Å². The summed E-state index contributed by atoms with van der Waals surface area (Å²) in [6.07, 6.45) is 0. The van der Waals surface area contributed by atoms with Crippen LogP contribution in [0.1, 0.15) is 15.4 Å². The Morgan fingerprint density at radius 1 is 1.17 bits per heavy atom. The smallest absolute Gasteiger partial charge is 0.258 e. The van der Waals surface area contributed by atoms with Gasteiger partial charge in [0.25, 0.3) is 5.91 Å². The van der Waals surface area contributed by atoms with Crippen LogP contribution < -0.4 is 19.5 Å². The number of benzene rings is 1. The summed E-state index contributed by atoms with van der Waals surface area (Å²) in [4.78, 5) is 12.6. The molecule has 0 saturated carbocycles. The molecule has 1 aromatic heterocycles. The molecule has 0 aliphatic heterocycles. The Morgan fingerprint density at radius 2 is 1.88 bits per heavy atom. The van der Waals surface area contributed by atoms with Gasteiger partial charge in [0.2, 0.25) is 10.9 Å². The van der Waals surface area contributed by atoms with Crippen molar-refractivity contribution in [2.24, 2.45) is 0 Å². The highest BCUT2D eigenvalue weighted by Crippen LogP contribution is 2.44. The lowest BCUT2D eigenvalue weighted by molar-refractivity contribution is 0.102. The highest BCUT2D eigenvalue weighted by molar-refractivity contribution is 9.10. The number of carbonyl (C=O) groups excluding carboxylic acids is 1. The number of nitrogens with one attached hydrogen (secondary N) is 1. The van der Waals surface area contributed by atoms with Crippen LogP contribution >= 0.6 is 27.3 Å². The molecule has 0 aliphatic rings. The van der Waals surface area contributed by atoms with Crippen LogP contribution in [0.15, 0.2) is 10.5 Å². The van der Waals surface area contributed by atoms with Crippen LogP contribution in [0, 0.1) is 0 Å². The maximum atomic E-state index is 12.6. The van der Waals surface area contributed by atoms with Gasteiger partial charge in [-0.1, -0.05) is 11.3 Å². The number of anilines is 1. The minimum Gasteiger partial charge on any atom is -0.493 e. The molecule has 1 aromatic carbocycles. The number of carbonyl (C=O) groups is 1. The Kier molecular flexibility index (Phi) is 6.35. The normalized spacial score (nSPS) is 10.4. The number of hydrogen-bond acceptors (Lipinski definition) is 8. The summed E-state index contributed by atoms with van der Waals surface area (Å²) in [5.74, 6) is 0.738. The van der Waals surface area contributed by atoms with Crippen molar-refractivity contribution in [3.63, 3.8) is 0 Å². The third-order valence-corrected chi connectivity index (χ3v) is 4.57. The molecule has 8 nitrogen and oxygen atoms in total. The van der Waals surface area contributed by atoms with Gasteiger partial charge in [-0.2, -0.15) is 0 Å². The number of nitrogens with zero attached hydrogens (tertiary/aromatic N) is 2. The van der Waals surface area contributed by atoms with Crippen molar-refractivity contribution in [2.75, 3.05) is 33.8 Å². The molecule has 1 N–H and O–H groups in total. The molecular weight excluding hydrogens is 402 g/mol. The average Bonchev–Trinajstić information content (AvgIpc) is 3.01. The zero-order valence-electron chi connectivity index (χ0n) is 13.5. The second-order valence-electron chi connectivity index (χ2n) is 4.39. The van der Waals surface area contributed by atoms with Gasteiger partial charge in [-0.3, -0.25) is 10.1 Å². The minimum absolute atomic E-state index is 0.313. The SMILES string of the molecule is COCc1nnc(NC(=O)c2cc(OC)c(OC)c(OC)c2Br)s1. The van der Waals surface area contributed by atoms with E-state index in [0.717, 1.165) is 0 Å². The van der Waals surface area contributed by atoms with Crippen LogP contribution in [0.5, 0.6) is 17.2 Å². The lowest BCUT2D eigenvalue weighted by Crippen LogP contribution is -2.13. The zero-order valence-corrected chi connectivity index (χ0v) is 15.9. The van der Waals surface area contributed by atoms with E-state index < -0.39 is 0 Å². The number of amides is 1. The van der Waals surface area contributed by atoms with E-state index in [9.17, 15) is 4.79 Å². The summed E-state index contributed by atoms with van der Waals surface area (Å²) in [7, 11) is 6.01. The molecule has 130 valence electrons. The molecule has 0 unspecified atom stereocenters. The van der Waals surface area contributed by atoms with E-state index in [-0.39, 0.29) is 5.91 Å². The first-order chi connectivity index (χ1) is 11.5. The Morgan fingerprint density at radius 3 is 2.46 bits per heavy atom. The number of aromatic nitrogens is 2. The fraction of sp³-hybridized carbons (Fsp3) is 0.357. The van der Waals surface area contributed by atoms with Crippen molar-refractivity contribution in [1.29, 1.82) is 0 Å². The average molecular weight is 418 g/mol. The fourth-order valence-corrected chi connectivity index (χ4v) is 3.28. The number of hydrogen-bond donors (Lipinski definition) is 1. The van der Waals surface area contributed by atoms with Gasteiger partial charge in [0.05, 0.1) is 31.4 Å². The van der Waals surface area contributed by atoms with Gasteiger partial charge in [-0.25, -0.2) is 0 Å². The predicted octanol–water partition coefficient (Wildman–Crippen LogP) is 2.73. The van der Waals surface area contributed by atoms with Crippen LogP contribution in [-0.2, 0) is 11.3 Å². The van der Waals surface area contributed by atoms with E-state index >= 15 is 0 Å². The summed E-state index contributed by atoms with van der Waals surface area (Å²) < 4.78 is 21.3. The van der Waals surface area contributed by atoms with Gasteiger partial charge in [-0.05, 0) is 22.0 Å². The molecule has 0 saturated heterocycles. The van der Waals surface area contributed by atoms with Crippen LogP contribution in [0.25, 0.3) is 0 Å². The third kappa shape index (κ3) is 3.77. The molecule has 1 amide bonds. The Balaban J connectivity index is 2.34. The predicted molar refractivity (Wildman–Crippen MR) is 92.4 cm³/mol. The standard InChI is InChI=1S/C14H16BrN3O5S/c1-20-6-9-17-18-14(24-9)16-13(19)7-5-8(21-2)11(22-3)12(23-4)10(7)15/h5H,6H2,1-4H3,(H,16,18,19). The van der Waals surface area contributed by atoms with E-state index in [1.165, 1.54) is 32.7 Å². The van der Waals surface area contributed by atoms with Crippen molar-refractivity contribution >= 4 is 38.3 Å². The monoisotopic (exact) mass is 417 g/mol. The van der Waals surface area contributed by atoms with E-state index in [1.807, 2.05) is 0 Å². The molecule has 1 heterocycles. The molecule has 24 heavy (non-hydrogen) atoms. The molecule has 2 aromatic rings. The molecule has 0 bridgehead atoms. The largest absolute Gasteiger partial charge is 0.493 e. The van der Waals surface area contributed by atoms with E-state index in [0.29, 0.717) is 44.0 Å². The highest BCUT2D eigenvalue weighted by Gasteiger charge is 2.23. The molecule has 0 aliphatic carbocycles. The number of halogens is 1. The third-order valence-electron chi connectivity index (χ3n) is 2.97. The maximum absolute atomic E-state index is 12.6. The fourth-order valence-electron chi connectivity index (χ4n) is 1.94. The van der Waals surface area contributed by atoms with Gasteiger partial charge >= 0.3 is 0 Å². The Bertz CT molecular complexity index is 737. The highest BCUT2D eigenvalue weighted by atomic mass is 79.9. The number of rotatable bonds is 7. The topological polar surface area (TPSA) is 91.8 Å². The lowest BCUT2D eigenvalue weighted by atomic mass is 10.1. The maximum Gasteiger partial charge on any atom is 0.258 e. The molecule has 2 rings (SSSR count). The molecular formula is C14H16BrN3O5S. The first-order valence-electron chi connectivity index (χ1n) is 6.66. The van der Waals surface area contributed by atoms with Gasteiger partial charge < -0.3 is 18.9 Å². The second-order valence-corrected chi connectivity index (χ2v) is 6.25. The summed E-state index contributed by atoms with van der Waals surface area (Å²) in [6.45, 7) is 0.335. The molecule has 0 fully saturated rings. The summed E-state index contributed by atoms with van der Waals surface area (Å²) in [6, 6.07) is 1.55. The van der Waals surface area contributed by atoms with Crippen LogP contribution in [-0.4, -0.2) is 44.5 Å². The quantitative estimate of drug-likeness (QED) is 0.739. The van der Waals surface area contributed by atoms with Crippen molar-refractivity contribution < 1.29 is 23.7 Å². The van der Waals surface area contributed by atoms with Crippen molar-refractivity contribution in [1.82, 2.24) is 10.2 Å². The minimum atomic E-state index is -0.388. The summed E-state index contributed by atoms with van der Waals surface area (Å²) in [5.41, 5.74) is 0.313. The van der Waals surface area contributed by atoms with Gasteiger partial charge in [0, 0.05) is 7.11 Å². The van der Waals surface area contributed by atoms with Crippen molar-refractivity contribution in [2.45, 2.75) is 6.61 Å². The zero-order chi connectivity index (χ0) is 17.7. The van der Waals surface area contributed by atoms with E-state index in [1.54, 1.807) is 13.2 Å². The number of methoxy groups -OCH3 is 4. The molecule has 10 heteroatoms. The Hall–Kier alpha value is -1.91. The first kappa shape index (κ1) is 18.4. The van der Waals surface area contributed by atoms with Crippen molar-refractivity contribution in [3.8, 4) is 17.2 Å². The summed E-state index contributed by atoms with van der Waals surface area (Å²) in [5, 5.41) is 11.5.